The Hall–Kier alpha value is -2.71. The molecule has 27 heavy (non-hydrogen) atoms. The predicted octanol–water partition coefficient (Wildman–Crippen LogP) is 2.54. The molecule has 1 atom stereocenters. The molecule has 0 radical (unpaired) electrons. The molecule has 1 amide bonds. The van der Waals surface area contributed by atoms with Crippen molar-refractivity contribution in [2.45, 2.75) is 61.2 Å². The highest BCUT2D eigenvalue weighted by atomic mass is 16.6. The smallest absolute Gasteiger partial charge is 0.312 e. The van der Waals surface area contributed by atoms with Gasteiger partial charge in [-0.3, -0.25) is 24.3 Å². The third-order valence-electron chi connectivity index (χ3n) is 5.00. The summed E-state index contributed by atoms with van der Waals surface area (Å²) in [6.07, 6.45) is 0. The third-order valence-corrected chi connectivity index (χ3v) is 5.00. The zero-order chi connectivity index (χ0) is 20.5. The summed E-state index contributed by atoms with van der Waals surface area (Å²) in [6.45, 7) is 12.7. The highest BCUT2D eigenvalue weighted by molar-refractivity contribution is 5.78. The molecule has 0 aromatic carbocycles. The molecule has 0 bridgehead atoms. The van der Waals surface area contributed by atoms with E-state index in [-0.39, 0.29) is 17.5 Å². The molecule has 9 nitrogen and oxygen atoms in total. The van der Waals surface area contributed by atoms with Crippen molar-refractivity contribution in [2.24, 2.45) is 5.92 Å². The van der Waals surface area contributed by atoms with E-state index < -0.39 is 4.92 Å². The van der Waals surface area contributed by atoms with Crippen LogP contribution in [0, 0.1) is 43.7 Å². The number of nitro groups is 1. The number of aryl methyl sites for hydroxylation is 3. The number of carbonyl (C=O) groups excluding carboxylic acids is 1. The van der Waals surface area contributed by atoms with Gasteiger partial charge in [0, 0.05) is 31.4 Å². The van der Waals surface area contributed by atoms with Gasteiger partial charge in [0.05, 0.1) is 23.1 Å². The van der Waals surface area contributed by atoms with E-state index in [1.54, 1.807) is 30.5 Å². The van der Waals surface area contributed by atoms with E-state index in [4.69, 9.17) is 0 Å². The lowest BCUT2D eigenvalue weighted by molar-refractivity contribution is -0.386. The minimum atomic E-state index is -0.427. The summed E-state index contributed by atoms with van der Waals surface area (Å²) in [7, 11) is 1.77. The highest BCUT2D eigenvalue weighted by Crippen LogP contribution is 2.23. The second-order valence-corrected chi connectivity index (χ2v) is 7.02. The van der Waals surface area contributed by atoms with Gasteiger partial charge < -0.3 is 4.90 Å². The molecule has 0 aliphatic rings. The topological polar surface area (TPSA) is 99.1 Å². The lowest BCUT2D eigenvalue weighted by atomic mass is 10.1. The van der Waals surface area contributed by atoms with Crippen LogP contribution in [0.15, 0.2) is 0 Å². The standard InChI is InChI=1S/C18H28N6O3/c1-8-22-14(5)16(12(3)19-22)10-21(7)18(25)11(2)9-23-15(6)17(24(26)27)13(4)20-23/h11H,8-10H2,1-7H3. The van der Waals surface area contributed by atoms with E-state index in [0.29, 0.717) is 24.5 Å². The van der Waals surface area contributed by atoms with Crippen molar-refractivity contribution in [1.29, 1.82) is 0 Å². The average molecular weight is 376 g/mol. The third kappa shape index (κ3) is 4.01. The van der Waals surface area contributed by atoms with Gasteiger partial charge >= 0.3 is 5.69 Å². The van der Waals surface area contributed by atoms with Gasteiger partial charge in [-0.1, -0.05) is 6.92 Å². The van der Waals surface area contributed by atoms with Crippen LogP contribution in [-0.2, 0) is 24.4 Å². The number of hydrogen-bond donors (Lipinski definition) is 0. The molecule has 0 aliphatic carbocycles. The normalized spacial score (nSPS) is 12.3. The number of nitrogens with zero attached hydrogens (tertiary/aromatic N) is 6. The number of aromatic nitrogens is 4. The van der Waals surface area contributed by atoms with Crippen LogP contribution in [0.3, 0.4) is 0 Å². The largest absolute Gasteiger partial charge is 0.341 e. The molecule has 2 aromatic heterocycles. The Kier molecular flexibility index (Phi) is 6.02. The maximum absolute atomic E-state index is 12.8. The van der Waals surface area contributed by atoms with E-state index in [9.17, 15) is 14.9 Å². The van der Waals surface area contributed by atoms with Gasteiger partial charge in [0.15, 0.2) is 0 Å². The van der Waals surface area contributed by atoms with Gasteiger partial charge in [-0.15, -0.1) is 0 Å². The molecule has 0 saturated carbocycles. The van der Waals surface area contributed by atoms with Gasteiger partial charge in [0.1, 0.15) is 11.4 Å². The molecule has 148 valence electrons. The fraction of sp³-hybridized carbons (Fsp3) is 0.611. The van der Waals surface area contributed by atoms with Gasteiger partial charge in [-0.2, -0.15) is 10.2 Å². The summed E-state index contributed by atoms with van der Waals surface area (Å²) < 4.78 is 3.48. The van der Waals surface area contributed by atoms with Crippen LogP contribution < -0.4 is 0 Å². The van der Waals surface area contributed by atoms with Crippen molar-refractivity contribution in [2.75, 3.05) is 7.05 Å². The lowest BCUT2D eigenvalue weighted by Crippen LogP contribution is -2.34. The zero-order valence-electron chi connectivity index (χ0n) is 17.1. The first kappa shape index (κ1) is 20.6. The Balaban J connectivity index is 2.12. The van der Waals surface area contributed by atoms with Crippen LogP contribution in [0.5, 0.6) is 0 Å². The Labute approximate surface area is 159 Å². The number of hydrogen-bond acceptors (Lipinski definition) is 5. The van der Waals surface area contributed by atoms with E-state index in [1.807, 2.05) is 32.4 Å². The van der Waals surface area contributed by atoms with Crippen molar-refractivity contribution in [3.8, 4) is 0 Å². The fourth-order valence-corrected chi connectivity index (χ4v) is 3.43. The highest BCUT2D eigenvalue weighted by Gasteiger charge is 2.26. The first-order valence-electron chi connectivity index (χ1n) is 9.04. The molecule has 2 aromatic rings. The second kappa shape index (κ2) is 7.89. The van der Waals surface area contributed by atoms with Crippen LogP contribution in [0.1, 0.15) is 42.2 Å². The van der Waals surface area contributed by atoms with Crippen molar-refractivity contribution >= 4 is 11.6 Å². The molecule has 2 rings (SSSR count). The first-order chi connectivity index (χ1) is 12.6. The van der Waals surface area contributed by atoms with Gasteiger partial charge in [-0.05, 0) is 34.6 Å². The Morgan fingerprint density at radius 3 is 2.22 bits per heavy atom. The van der Waals surface area contributed by atoms with E-state index >= 15 is 0 Å². The molecular formula is C18H28N6O3. The summed E-state index contributed by atoms with van der Waals surface area (Å²) in [4.78, 5) is 25.2. The molecule has 1 unspecified atom stereocenters. The van der Waals surface area contributed by atoms with E-state index in [0.717, 1.165) is 23.5 Å². The maximum atomic E-state index is 12.8. The summed E-state index contributed by atoms with van der Waals surface area (Å²) in [5.74, 6) is -0.386. The first-order valence-corrected chi connectivity index (χ1v) is 9.04. The molecule has 0 aliphatic heterocycles. The Morgan fingerprint density at radius 1 is 1.15 bits per heavy atom. The van der Waals surface area contributed by atoms with Crippen LogP contribution in [0.2, 0.25) is 0 Å². The van der Waals surface area contributed by atoms with Crippen LogP contribution in [0.4, 0.5) is 5.69 Å². The van der Waals surface area contributed by atoms with Crippen molar-refractivity contribution in [3.05, 3.63) is 38.5 Å². The van der Waals surface area contributed by atoms with Crippen LogP contribution in [0.25, 0.3) is 0 Å². The molecule has 0 saturated heterocycles. The number of amides is 1. The average Bonchev–Trinajstić information content (AvgIpc) is 3.03. The monoisotopic (exact) mass is 376 g/mol. The number of carbonyl (C=O) groups is 1. The number of rotatable bonds is 7. The summed E-state index contributed by atoms with van der Waals surface area (Å²) in [5, 5.41) is 19.9. The summed E-state index contributed by atoms with van der Waals surface area (Å²) >= 11 is 0. The van der Waals surface area contributed by atoms with E-state index in [1.165, 1.54) is 0 Å². The molecule has 9 heteroatoms. The predicted molar refractivity (Wildman–Crippen MR) is 101 cm³/mol. The maximum Gasteiger partial charge on any atom is 0.312 e. The lowest BCUT2D eigenvalue weighted by Gasteiger charge is -2.22. The van der Waals surface area contributed by atoms with Crippen LogP contribution in [-0.4, -0.2) is 42.3 Å². The molecule has 0 N–H and O–H groups in total. The van der Waals surface area contributed by atoms with Gasteiger partial charge in [0.2, 0.25) is 5.91 Å². The Bertz CT molecular complexity index is 867. The quantitative estimate of drug-likeness (QED) is 0.546. The molecule has 0 spiro atoms. The van der Waals surface area contributed by atoms with E-state index in [2.05, 4.69) is 10.2 Å². The minimum absolute atomic E-state index is 0.0150. The van der Waals surface area contributed by atoms with Crippen molar-refractivity contribution in [3.63, 3.8) is 0 Å². The fourth-order valence-electron chi connectivity index (χ4n) is 3.43. The van der Waals surface area contributed by atoms with Gasteiger partial charge in [0.25, 0.3) is 0 Å². The summed E-state index contributed by atoms with van der Waals surface area (Å²) in [6, 6.07) is 0. The SMILES string of the molecule is CCn1nc(C)c(CN(C)C(=O)C(C)Cn2nc(C)c([N+](=O)[O-])c2C)c1C. The van der Waals surface area contributed by atoms with Gasteiger partial charge in [-0.25, -0.2) is 0 Å². The molecule has 2 heterocycles. The summed E-state index contributed by atoms with van der Waals surface area (Å²) in [5.41, 5.74) is 3.90. The molecular weight excluding hydrogens is 348 g/mol. The molecule has 0 fully saturated rings. The minimum Gasteiger partial charge on any atom is -0.341 e. The van der Waals surface area contributed by atoms with Crippen molar-refractivity contribution < 1.29 is 9.72 Å². The second-order valence-electron chi connectivity index (χ2n) is 7.02. The van der Waals surface area contributed by atoms with Crippen molar-refractivity contribution in [1.82, 2.24) is 24.5 Å². The van der Waals surface area contributed by atoms with Crippen LogP contribution >= 0.6 is 0 Å². The zero-order valence-corrected chi connectivity index (χ0v) is 17.1. The Morgan fingerprint density at radius 2 is 1.74 bits per heavy atom.